The van der Waals surface area contributed by atoms with Crippen molar-refractivity contribution in [2.75, 3.05) is 0 Å². The minimum absolute atomic E-state index is 0.464. The lowest BCUT2D eigenvalue weighted by Gasteiger charge is -2.40. The summed E-state index contributed by atoms with van der Waals surface area (Å²) in [5.74, 6) is 1.85. The van der Waals surface area contributed by atoms with E-state index in [0.29, 0.717) is 0 Å². The first-order chi connectivity index (χ1) is 29.3. The molecule has 3 aliphatic carbocycles. The van der Waals surface area contributed by atoms with Crippen molar-refractivity contribution in [3.63, 3.8) is 0 Å². The van der Waals surface area contributed by atoms with Crippen LogP contribution in [-0.2, 0) is 10.8 Å². The molecule has 59 heavy (non-hydrogen) atoms. The van der Waals surface area contributed by atoms with Gasteiger partial charge in [0, 0.05) is 16.5 Å². The van der Waals surface area contributed by atoms with Gasteiger partial charge in [0.2, 0.25) is 0 Å². The molecule has 1 nitrogen and oxygen atoms in total. The zero-order valence-electron chi connectivity index (χ0n) is 32.0. The van der Waals surface area contributed by atoms with E-state index in [1.807, 2.05) is 0 Å². The smallest absolute Gasteiger partial charge is 0.140 e. The Morgan fingerprint density at radius 2 is 0.729 bits per heavy atom. The number of fused-ring (bicyclic) bond motifs is 22. The maximum atomic E-state index is 7.10. The molecule has 2 spiro atoms. The van der Waals surface area contributed by atoms with Crippen LogP contribution in [0.25, 0.3) is 66.1 Å². The number of para-hydroxylation sites is 1. The van der Waals surface area contributed by atoms with E-state index in [0.717, 1.165) is 16.9 Å². The van der Waals surface area contributed by atoms with Crippen LogP contribution in [0.2, 0.25) is 0 Å². The van der Waals surface area contributed by atoms with Crippen LogP contribution in [0, 0.1) is 0 Å². The van der Waals surface area contributed by atoms with Crippen LogP contribution in [0.5, 0.6) is 11.5 Å². The third kappa shape index (κ3) is 3.73. The molecule has 0 radical (unpaired) electrons. The minimum atomic E-state index is -0.561. The second-order valence-electron chi connectivity index (χ2n) is 16.6. The van der Waals surface area contributed by atoms with Crippen molar-refractivity contribution in [2.24, 2.45) is 0 Å². The molecule has 272 valence electrons. The van der Waals surface area contributed by atoms with E-state index in [9.17, 15) is 0 Å². The molecule has 0 saturated heterocycles. The third-order valence-electron chi connectivity index (χ3n) is 14.1. The molecule has 0 amide bonds. The standard InChI is InChI=1S/C58H34O/c1-2-16-36-32-53-46(31-35(36)15-1)42-21-8-12-26-50(42)58(53)49-25-11-7-20-41(49)43-30-29-37(33-52(43)58)45-34-54-56(44-22-4-3-17-38(44)45)59-55-28-14-13-27-51(55)57(54)47-23-9-5-18-39(47)40-19-6-10-24-48(40)57/h1-34H. The van der Waals surface area contributed by atoms with Gasteiger partial charge >= 0.3 is 0 Å². The van der Waals surface area contributed by atoms with E-state index >= 15 is 0 Å². The van der Waals surface area contributed by atoms with Crippen molar-refractivity contribution in [3.05, 3.63) is 251 Å². The topological polar surface area (TPSA) is 9.23 Å². The minimum Gasteiger partial charge on any atom is -0.456 e. The molecule has 0 N–H and O–H groups in total. The quantitative estimate of drug-likeness (QED) is 0.163. The first-order valence-corrected chi connectivity index (χ1v) is 20.7. The highest BCUT2D eigenvalue weighted by Crippen LogP contribution is 2.66. The lowest BCUT2D eigenvalue weighted by atomic mass is 9.65. The van der Waals surface area contributed by atoms with Crippen LogP contribution in [-0.4, -0.2) is 0 Å². The predicted molar refractivity (Wildman–Crippen MR) is 241 cm³/mol. The van der Waals surface area contributed by atoms with Crippen molar-refractivity contribution in [1.29, 1.82) is 0 Å². The molecule has 10 aromatic rings. The van der Waals surface area contributed by atoms with E-state index in [1.165, 1.54) is 105 Å². The average Bonchev–Trinajstić information content (AvgIpc) is 3.88. The molecule has 4 aliphatic rings. The maximum absolute atomic E-state index is 7.10. The van der Waals surface area contributed by atoms with Crippen LogP contribution >= 0.6 is 0 Å². The van der Waals surface area contributed by atoms with Gasteiger partial charge in [0.1, 0.15) is 11.5 Å². The van der Waals surface area contributed by atoms with Crippen molar-refractivity contribution >= 4 is 21.5 Å². The lowest BCUT2D eigenvalue weighted by Crippen LogP contribution is -2.32. The lowest BCUT2D eigenvalue weighted by molar-refractivity contribution is 0.442. The summed E-state index contributed by atoms with van der Waals surface area (Å²) in [4.78, 5) is 0. The highest BCUT2D eigenvalue weighted by Gasteiger charge is 2.53. The summed E-state index contributed by atoms with van der Waals surface area (Å²) < 4.78 is 7.10. The number of rotatable bonds is 1. The molecule has 0 fully saturated rings. The molecule has 0 bridgehead atoms. The SMILES string of the molecule is c1ccc2c(c1)Oc1c(cc(-c3ccc4c(c3)C3(c5ccccc5-4)c4ccccc4-c4cc5ccccc5cc43)c3ccccc13)C21c2ccccc2-c2ccccc21. The summed E-state index contributed by atoms with van der Waals surface area (Å²) in [6.45, 7) is 0. The van der Waals surface area contributed by atoms with Gasteiger partial charge in [-0.1, -0.05) is 176 Å². The zero-order valence-corrected chi connectivity index (χ0v) is 32.0. The van der Waals surface area contributed by atoms with E-state index in [-0.39, 0.29) is 0 Å². The number of hydrogen-bond acceptors (Lipinski definition) is 1. The van der Waals surface area contributed by atoms with Gasteiger partial charge < -0.3 is 4.74 Å². The fraction of sp³-hybridized carbons (Fsp3) is 0.0345. The zero-order chi connectivity index (χ0) is 38.5. The van der Waals surface area contributed by atoms with Crippen LogP contribution in [0.15, 0.2) is 206 Å². The van der Waals surface area contributed by atoms with Crippen molar-refractivity contribution in [3.8, 4) is 56.0 Å². The van der Waals surface area contributed by atoms with Crippen molar-refractivity contribution < 1.29 is 4.74 Å². The Kier molecular flexibility index (Phi) is 5.96. The molecule has 1 aliphatic heterocycles. The van der Waals surface area contributed by atoms with Gasteiger partial charge in [0.15, 0.2) is 0 Å². The molecule has 1 heterocycles. The van der Waals surface area contributed by atoms with Crippen molar-refractivity contribution in [2.45, 2.75) is 10.8 Å². The van der Waals surface area contributed by atoms with Gasteiger partial charge in [0.25, 0.3) is 0 Å². The third-order valence-corrected chi connectivity index (χ3v) is 14.1. The average molecular weight is 747 g/mol. The molecule has 14 rings (SSSR count). The molecule has 1 heteroatoms. The van der Waals surface area contributed by atoms with Crippen LogP contribution in [0.4, 0.5) is 0 Å². The summed E-state index contributed by atoms with van der Waals surface area (Å²) >= 11 is 0. The summed E-state index contributed by atoms with van der Waals surface area (Å²) in [7, 11) is 0. The van der Waals surface area contributed by atoms with Gasteiger partial charge in [-0.05, 0) is 124 Å². The van der Waals surface area contributed by atoms with Gasteiger partial charge in [0.05, 0.1) is 10.8 Å². The van der Waals surface area contributed by atoms with E-state index in [4.69, 9.17) is 4.74 Å². The number of ether oxygens (including phenoxy) is 1. The van der Waals surface area contributed by atoms with Gasteiger partial charge in [-0.3, -0.25) is 0 Å². The van der Waals surface area contributed by atoms with Crippen LogP contribution < -0.4 is 4.74 Å². The largest absolute Gasteiger partial charge is 0.456 e. The normalized spacial score (nSPS) is 16.5. The first kappa shape index (κ1) is 31.6. The Morgan fingerprint density at radius 1 is 0.271 bits per heavy atom. The van der Waals surface area contributed by atoms with E-state index < -0.39 is 10.8 Å². The van der Waals surface area contributed by atoms with E-state index in [2.05, 4.69) is 206 Å². The molecule has 1 unspecified atom stereocenters. The summed E-state index contributed by atoms with van der Waals surface area (Å²) in [6.07, 6.45) is 0. The second-order valence-corrected chi connectivity index (χ2v) is 16.6. The fourth-order valence-corrected chi connectivity index (χ4v) is 11.9. The molecular weight excluding hydrogens is 713 g/mol. The Balaban J connectivity index is 1.10. The predicted octanol–water partition coefficient (Wildman–Crippen LogP) is 14.5. The monoisotopic (exact) mass is 746 g/mol. The summed E-state index contributed by atoms with van der Waals surface area (Å²) in [6, 6.07) is 77.3. The Bertz CT molecular complexity index is 3450. The summed E-state index contributed by atoms with van der Waals surface area (Å²) in [5.41, 5.74) is 19.6. The van der Waals surface area contributed by atoms with Crippen LogP contribution in [0.1, 0.15) is 44.5 Å². The van der Waals surface area contributed by atoms with Gasteiger partial charge in [-0.15, -0.1) is 0 Å². The Morgan fingerprint density at radius 3 is 1.37 bits per heavy atom. The van der Waals surface area contributed by atoms with Gasteiger partial charge in [-0.2, -0.15) is 0 Å². The maximum Gasteiger partial charge on any atom is 0.140 e. The van der Waals surface area contributed by atoms with E-state index in [1.54, 1.807) is 0 Å². The highest BCUT2D eigenvalue weighted by molar-refractivity contribution is 6.06. The second kappa shape index (κ2) is 11.1. The highest BCUT2D eigenvalue weighted by atomic mass is 16.5. The number of hydrogen-bond donors (Lipinski definition) is 0. The van der Waals surface area contributed by atoms with Crippen molar-refractivity contribution in [1.82, 2.24) is 0 Å². The van der Waals surface area contributed by atoms with Crippen LogP contribution in [0.3, 0.4) is 0 Å². The molecule has 10 aromatic carbocycles. The molecular formula is C58H34O. The summed E-state index contributed by atoms with van der Waals surface area (Å²) in [5, 5.41) is 4.84. The fourth-order valence-electron chi connectivity index (χ4n) is 11.9. The molecule has 0 saturated carbocycles. The Hall–Kier alpha value is -7.48. The van der Waals surface area contributed by atoms with Gasteiger partial charge in [-0.25, -0.2) is 0 Å². The molecule has 1 atom stereocenters. The number of benzene rings is 10. The molecule has 0 aromatic heterocycles. The Labute approximate surface area is 342 Å². The first-order valence-electron chi connectivity index (χ1n) is 20.7.